The third kappa shape index (κ3) is 2.34. The molecule has 0 aromatic carbocycles. The van der Waals surface area contributed by atoms with Crippen LogP contribution in [0.25, 0.3) is 0 Å². The van der Waals surface area contributed by atoms with E-state index in [2.05, 4.69) is 31.1 Å². The first-order valence-corrected chi connectivity index (χ1v) is 6.27. The maximum Gasteiger partial charge on any atom is 0.0883 e. The van der Waals surface area contributed by atoms with Gasteiger partial charge in [0.25, 0.3) is 0 Å². The molecular formula is C13H19N3O. The molecule has 1 aliphatic heterocycles. The SMILES string of the molecule is CCc1cc(CC2(C#N)CCOC2)n(CC)n1. The molecule has 0 aliphatic carbocycles. The van der Waals surface area contributed by atoms with Crippen LogP contribution < -0.4 is 0 Å². The summed E-state index contributed by atoms with van der Waals surface area (Å²) in [4.78, 5) is 0. The number of aryl methyl sites for hydroxylation is 2. The summed E-state index contributed by atoms with van der Waals surface area (Å²) in [6.45, 7) is 6.30. The highest BCUT2D eigenvalue weighted by atomic mass is 16.5. The molecule has 4 nitrogen and oxygen atoms in total. The van der Waals surface area contributed by atoms with Crippen molar-refractivity contribution in [2.24, 2.45) is 5.41 Å². The molecule has 1 atom stereocenters. The molecule has 0 saturated carbocycles. The second-order valence-electron chi connectivity index (χ2n) is 4.67. The molecular weight excluding hydrogens is 214 g/mol. The molecule has 0 N–H and O–H groups in total. The van der Waals surface area contributed by atoms with Crippen molar-refractivity contribution in [3.63, 3.8) is 0 Å². The predicted octanol–water partition coefficient (Wildman–Crippen LogP) is 1.94. The molecule has 2 rings (SSSR count). The molecule has 2 heterocycles. The van der Waals surface area contributed by atoms with Crippen molar-refractivity contribution in [2.75, 3.05) is 13.2 Å². The molecule has 1 fully saturated rings. The van der Waals surface area contributed by atoms with Crippen molar-refractivity contribution < 1.29 is 4.74 Å². The lowest BCUT2D eigenvalue weighted by atomic mass is 9.84. The Kier molecular flexibility index (Phi) is 3.49. The van der Waals surface area contributed by atoms with Crippen LogP contribution >= 0.6 is 0 Å². The van der Waals surface area contributed by atoms with Crippen molar-refractivity contribution in [3.05, 3.63) is 17.5 Å². The minimum Gasteiger partial charge on any atom is -0.380 e. The van der Waals surface area contributed by atoms with Gasteiger partial charge in [-0.15, -0.1) is 0 Å². The van der Waals surface area contributed by atoms with Crippen molar-refractivity contribution >= 4 is 0 Å². The van der Waals surface area contributed by atoms with E-state index in [1.165, 1.54) is 0 Å². The van der Waals surface area contributed by atoms with Gasteiger partial charge in [-0.05, 0) is 25.8 Å². The van der Waals surface area contributed by atoms with Crippen LogP contribution in [0, 0.1) is 16.7 Å². The summed E-state index contributed by atoms with van der Waals surface area (Å²) >= 11 is 0. The average Bonchev–Trinajstić information content (AvgIpc) is 2.97. The van der Waals surface area contributed by atoms with E-state index in [4.69, 9.17) is 4.74 Å². The standard InChI is InChI=1S/C13H19N3O/c1-3-11-7-12(16(4-2)15-11)8-13(9-14)5-6-17-10-13/h7H,3-6,8,10H2,1-2H3. The second-order valence-corrected chi connectivity index (χ2v) is 4.67. The predicted molar refractivity (Wildman–Crippen MR) is 64.5 cm³/mol. The maximum absolute atomic E-state index is 9.35. The van der Waals surface area contributed by atoms with Gasteiger partial charge in [0.15, 0.2) is 0 Å². The molecule has 1 saturated heterocycles. The number of nitriles is 1. The highest BCUT2D eigenvalue weighted by Gasteiger charge is 2.36. The van der Waals surface area contributed by atoms with E-state index < -0.39 is 0 Å². The molecule has 0 radical (unpaired) electrons. The van der Waals surface area contributed by atoms with E-state index in [9.17, 15) is 5.26 Å². The molecule has 1 aliphatic rings. The summed E-state index contributed by atoms with van der Waals surface area (Å²) in [6.07, 6.45) is 2.53. The highest BCUT2D eigenvalue weighted by molar-refractivity contribution is 5.16. The lowest BCUT2D eigenvalue weighted by molar-refractivity contribution is 0.171. The van der Waals surface area contributed by atoms with E-state index in [0.717, 1.165) is 37.2 Å². The van der Waals surface area contributed by atoms with Gasteiger partial charge in [-0.1, -0.05) is 6.92 Å². The molecule has 92 valence electrons. The Hall–Kier alpha value is -1.34. The molecule has 17 heavy (non-hydrogen) atoms. The van der Waals surface area contributed by atoms with Crippen LogP contribution in [-0.2, 0) is 24.1 Å². The third-order valence-electron chi connectivity index (χ3n) is 3.44. The normalized spacial score (nSPS) is 23.8. The number of hydrogen-bond donors (Lipinski definition) is 0. The Morgan fingerprint density at radius 1 is 1.59 bits per heavy atom. The van der Waals surface area contributed by atoms with Crippen LogP contribution in [-0.4, -0.2) is 23.0 Å². The fourth-order valence-corrected chi connectivity index (χ4v) is 2.32. The Bertz CT molecular complexity index is 424. The number of nitrogens with zero attached hydrogens (tertiary/aromatic N) is 3. The molecule has 1 aromatic heterocycles. The summed E-state index contributed by atoms with van der Waals surface area (Å²) in [5.41, 5.74) is 1.93. The van der Waals surface area contributed by atoms with Gasteiger partial charge < -0.3 is 4.74 Å². The molecule has 1 aromatic rings. The Labute approximate surface area is 102 Å². The number of aromatic nitrogens is 2. The molecule has 0 bridgehead atoms. The quantitative estimate of drug-likeness (QED) is 0.798. The van der Waals surface area contributed by atoms with Crippen LogP contribution in [0.4, 0.5) is 0 Å². The van der Waals surface area contributed by atoms with E-state index in [1.807, 2.05) is 4.68 Å². The van der Waals surface area contributed by atoms with E-state index >= 15 is 0 Å². The van der Waals surface area contributed by atoms with Crippen molar-refractivity contribution in [3.8, 4) is 6.07 Å². The minimum absolute atomic E-state index is 0.335. The lowest BCUT2D eigenvalue weighted by Gasteiger charge is -2.18. The number of rotatable bonds is 4. The van der Waals surface area contributed by atoms with E-state index in [1.54, 1.807) is 0 Å². The van der Waals surface area contributed by atoms with Crippen LogP contribution in [0.2, 0.25) is 0 Å². The van der Waals surface area contributed by atoms with Crippen molar-refractivity contribution in [1.29, 1.82) is 5.26 Å². The Morgan fingerprint density at radius 2 is 2.41 bits per heavy atom. The molecule has 4 heteroatoms. The largest absolute Gasteiger partial charge is 0.380 e. The van der Waals surface area contributed by atoms with Gasteiger partial charge in [-0.25, -0.2) is 0 Å². The zero-order valence-electron chi connectivity index (χ0n) is 10.6. The fourth-order valence-electron chi connectivity index (χ4n) is 2.32. The highest BCUT2D eigenvalue weighted by Crippen LogP contribution is 2.32. The van der Waals surface area contributed by atoms with Gasteiger partial charge in [0.2, 0.25) is 0 Å². The minimum atomic E-state index is -0.335. The third-order valence-corrected chi connectivity index (χ3v) is 3.44. The Morgan fingerprint density at radius 3 is 2.94 bits per heavy atom. The van der Waals surface area contributed by atoms with E-state index in [-0.39, 0.29) is 5.41 Å². The number of ether oxygens (including phenoxy) is 1. The van der Waals surface area contributed by atoms with Crippen LogP contribution in [0.3, 0.4) is 0 Å². The smallest absolute Gasteiger partial charge is 0.0883 e. The average molecular weight is 233 g/mol. The van der Waals surface area contributed by atoms with Gasteiger partial charge in [-0.3, -0.25) is 4.68 Å². The monoisotopic (exact) mass is 233 g/mol. The van der Waals surface area contributed by atoms with Gasteiger partial charge in [0.1, 0.15) is 0 Å². The first kappa shape index (κ1) is 12.1. The first-order chi connectivity index (χ1) is 8.23. The summed E-state index contributed by atoms with van der Waals surface area (Å²) in [6, 6.07) is 4.56. The van der Waals surface area contributed by atoms with E-state index in [0.29, 0.717) is 13.2 Å². The second kappa shape index (κ2) is 4.89. The topological polar surface area (TPSA) is 50.8 Å². The molecule has 1 unspecified atom stereocenters. The Balaban J connectivity index is 2.22. The number of hydrogen-bond acceptors (Lipinski definition) is 3. The van der Waals surface area contributed by atoms with Crippen molar-refractivity contribution in [1.82, 2.24) is 9.78 Å². The zero-order valence-corrected chi connectivity index (χ0v) is 10.6. The summed E-state index contributed by atoms with van der Waals surface area (Å²) in [5, 5.41) is 13.9. The van der Waals surface area contributed by atoms with Crippen LogP contribution in [0.5, 0.6) is 0 Å². The van der Waals surface area contributed by atoms with Gasteiger partial charge in [-0.2, -0.15) is 10.4 Å². The zero-order chi connectivity index (χ0) is 12.3. The van der Waals surface area contributed by atoms with Gasteiger partial charge >= 0.3 is 0 Å². The maximum atomic E-state index is 9.35. The summed E-state index contributed by atoms with van der Waals surface area (Å²) in [7, 11) is 0. The van der Waals surface area contributed by atoms with Crippen LogP contribution in [0.1, 0.15) is 31.7 Å². The molecule has 0 amide bonds. The van der Waals surface area contributed by atoms with Gasteiger partial charge in [0.05, 0.1) is 23.8 Å². The lowest BCUT2D eigenvalue weighted by Crippen LogP contribution is -2.23. The van der Waals surface area contributed by atoms with Crippen molar-refractivity contribution in [2.45, 2.75) is 39.7 Å². The van der Waals surface area contributed by atoms with Crippen LogP contribution in [0.15, 0.2) is 6.07 Å². The first-order valence-electron chi connectivity index (χ1n) is 6.27. The summed E-state index contributed by atoms with van der Waals surface area (Å²) < 4.78 is 7.39. The van der Waals surface area contributed by atoms with Gasteiger partial charge in [0, 0.05) is 25.3 Å². The summed E-state index contributed by atoms with van der Waals surface area (Å²) in [5.74, 6) is 0. The fraction of sp³-hybridized carbons (Fsp3) is 0.692. The molecule has 0 spiro atoms.